The number of benzene rings is 1. The maximum absolute atomic E-state index is 12.4. The molecule has 1 aliphatic heterocycles. The molecule has 2 aromatic heterocycles. The second-order valence-corrected chi connectivity index (χ2v) is 6.53. The Morgan fingerprint density at radius 1 is 1.17 bits per heavy atom. The number of alkyl halides is 3. The van der Waals surface area contributed by atoms with E-state index in [1.807, 2.05) is 30.9 Å². The molecule has 1 aromatic carbocycles. The standard InChI is InChI=1S/C20H18F3N5O/c1-4-27-12-24-18-13(2)28(11-17(19(18)27)14-9-25-26(3)10-14)15-5-7-16(8-6-15)29-20(21,22)23/h5-12H,2,4H2,1,3H3. The molecular weight excluding hydrogens is 383 g/mol. The van der Waals surface area contributed by atoms with Gasteiger partial charge in [-0.25, -0.2) is 4.98 Å². The SMILES string of the molecule is C=C1c2ncn(CC)c2C(c2cnn(C)c2)=CN1c1ccc(OC(F)(F)F)cc1. The predicted octanol–water partition coefficient (Wildman–Crippen LogP) is 4.42. The first kappa shape index (κ1) is 18.9. The summed E-state index contributed by atoms with van der Waals surface area (Å²) < 4.78 is 45.0. The van der Waals surface area contributed by atoms with Crippen LogP contribution in [0.25, 0.3) is 11.3 Å². The number of nitrogens with zero attached hydrogens (tertiary/aromatic N) is 5. The second-order valence-electron chi connectivity index (χ2n) is 6.53. The minimum Gasteiger partial charge on any atom is -0.406 e. The number of aryl methyl sites for hydroxylation is 2. The van der Waals surface area contributed by atoms with E-state index in [2.05, 4.69) is 21.4 Å². The first-order valence-electron chi connectivity index (χ1n) is 8.87. The Balaban J connectivity index is 1.77. The van der Waals surface area contributed by atoms with E-state index < -0.39 is 6.36 Å². The van der Waals surface area contributed by atoms with Crippen LogP contribution in [0.1, 0.15) is 23.9 Å². The summed E-state index contributed by atoms with van der Waals surface area (Å²) >= 11 is 0. The number of fused-ring (bicyclic) bond motifs is 1. The molecular formula is C20H18F3N5O. The van der Waals surface area contributed by atoms with Gasteiger partial charge in [0.15, 0.2) is 0 Å². The molecule has 29 heavy (non-hydrogen) atoms. The van der Waals surface area contributed by atoms with Crippen molar-refractivity contribution in [3.05, 3.63) is 72.7 Å². The summed E-state index contributed by atoms with van der Waals surface area (Å²) in [6, 6.07) is 5.64. The first-order valence-corrected chi connectivity index (χ1v) is 8.87. The van der Waals surface area contributed by atoms with Gasteiger partial charge >= 0.3 is 6.36 Å². The average molecular weight is 401 g/mol. The smallest absolute Gasteiger partial charge is 0.406 e. The zero-order valence-corrected chi connectivity index (χ0v) is 15.8. The molecule has 3 aromatic rings. The van der Waals surface area contributed by atoms with E-state index in [-0.39, 0.29) is 5.75 Å². The van der Waals surface area contributed by atoms with Crippen LogP contribution in [0.15, 0.2) is 55.8 Å². The van der Waals surface area contributed by atoms with Crippen LogP contribution >= 0.6 is 0 Å². The largest absolute Gasteiger partial charge is 0.573 e. The van der Waals surface area contributed by atoms with Crippen molar-refractivity contribution in [2.45, 2.75) is 19.8 Å². The van der Waals surface area contributed by atoms with E-state index in [9.17, 15) is 13.2 Å². The lowest BCUT2D eigenvalue weighted by Crippen LogP contribution is -2.21. The molecule has 0 saturated carbocycles. The Morgan fingerprint density at radius 3 is 2.48 bits per heavy atom. The van der Waals surface area contributed by atoms with Gasteiger partial charge in [0.1, 0.15) is 11.4 Å². The van der Waals surface area contributed by atoms with E-state index in [1.54, 1.807) is 34.2 Å². The van der Waals surface area contributed by atoms with Gasteiger partial charge in [0.2, 0.25) is 0 Å². The van der Waals surface area contributed by atoms with Gasteiger partial charge in [-0.3, -0.25) is 4.68 Å². The van der Waals surface area contributed by atoms with Crippen molar-refractivity contribution in [1.82, 2.24) is 19.3 Å². The number of imidazole rings is 1. The Kier molecular flexibility index (Phi) is 4.45. The van der Waals surface area contributed by atoms with Crippen LogP contribution < -0.4 is 9.64 Å². The summed E-state index contributed by atoms with van der Waals surface area (Å²) in [7, 11) is 1.83. The average Bonchev–Trinajstić information content (AvgIpc) is 3.28. The Labute approximate surface area is 165 Å². The molecule has 1 aliphatic rings. The van der Waals surface area contributed by atoms with Crippen molar-refractivity contribution in [2.24, 2.45) is 7.05 Å². The summed E-state index contributed by atoms with van der Waals surface area (Å²) in [5.41, 5.74) is 4.71. The molecule has 9 heteroatoms. The van der Waals surface area contributed by atoms with Crippen molar-refractivity contribution in [1.29, 1.82) is 0 Å². The molecule has 0 radical (unpaired) electrons. The lowest BCUT2D eigenvalue weighted by atomic mass is 10.00. The lowest BCUT2D eigenvalue weighted by Gasteiger charge is -2.29. The van der Waals surface area contributed by atoms with E-state index in [0.29, 0.717) is 17.1 Å². The highest BCUT2D eigenvalue weighted by molar-refractivity contribution is 5.95. The maximum atomic E-state index is 12.4. The topological polar surface area (TPSA) is 48.1 Å². The van der Waals surface area contributed by atoms with Crippen molar-refractivity contribution in [2.75, 3.05) is 4.90 Å². The summed E-state index contributed by atoms with van der Waals surface area (Å²) in [4.78, 5) is 6.31. The second kappa shape index (κ2) is 6.84. The number of hydrogen-bond acceptors (Lipinski definition) is 4. The minimum atomic E-state index is -4.73. The van der Waals surface area contributed by atoms with E-state index in [4.69, 9.17) is 0 Å². The van der Waals surface area contributed by atoms with Crippen LogP contribution in [0, 0.1) is 0 Å². The summed E-state index contributed by atoms with van der Waals surface area (Å²) in [6.07, 6.45) is 2.58. The fourth-order valence-corrected chi connectivity index (χ4v) is 3.31. The van der Waals surface area contributed by atoms with Gasteiger partial charge in [-0.05, 0) is 31.2 Å². The molecule has 0 fully saturated rings. The molecule has 0 saturated heterocycles. The number of rotatable bonds is 4. The third-order valence-corrected chi connectivity index (χ3v) is 4.62. The van der Waals surface area contributed by atoms with Crippen molar-refractivity contribution >= 4 is 17.0 Å². The molecule has 0 spiro atoms. The van der Waals surface area contributed by atoms with Gasteiger partial charge in [-0.1, -0.05) is 6.58 Å². The molecule has 0 N–H and O–H groups in total. The molecule has 0 amide bonds. The fraction of sp³-hybridized carbons (Fsp3) is 0.200. The fourth-order valence-electron chi connectivity index (χ4n) is 3.31. The molecule has 0 atom stereocenters. The lowest BCUT2D eigenvalue weighted by molar-refractivity contribution is -0.274. The van der Waals surface area contributed by atoms with Crippen molar-refractivity contribution in [3.63, 3.8) is 0 Å². The normalized spacial score (nSPS) is 14.0. The first-order chi connectivity index (χ1) is 13.8. The Morgan fingerprint density at radius 2 is 1.90 bits per heavy atom. The summed E-state index contributed by atoms with van der Waals surface area (Å²) in [5, 5.41) is 4.25. The minimum absolute atomic E-state index is 0.281. The molecule has 0 unspecified atom stereocenters. The molecule has 3 heterocycles. The van der Waals surface area contributed by atoms with Crippen LogP contribution in [-0.4, -0.2) is 25.7 Å². The quantitative estimate of drug-likeness (QED) is 0.650. The number of aromatic nitrogens is 4. The molecule has 6 nitrogen and oxygen atoms in total. The van der Waals surface area contributed by atoms with Gasteiger partial charge in [-0.15, -0.1) is 13.2 Å². The van der Waals surface area contributed by atoms with Crippen molar-refractivity contribution < 1.29 is 17.9 Å². The van der Waals surface area contributed by atoms with Crippen LogP contribution in [0.4, 0.5) is 18.9 Å². The van der Waals surface area contributed by atoms with Gasteiger partial charge in [0.25, 0.3) is 0 Å². The zero-order valence-electron chi connectivity index (χ0n) is 15.8. The van der Waals surface area contributed by atoms with E-state index in [1.165, 1.54) is 12.1 Å². The number of anilines is 1. The third kappa shape index (κ3) is 3.51. The van der Waals surface area contributed by atoms with Crippen LogP contribution in [0.2, 0.25) is 0 Å². The van der Waals surface area contributed by atoms with Gasteiger partial charge in [-0.2, -0.15) is 5.10 Å². The van der Waals surface area contributed by atoms with Gasteiger partial charge in [0.05, 0.1) is 23.9 Å². The summed E-state index contributed by atoms with van der Waals surface area (Å²) in [5.74, 6) is -0.281. The molecule has 0 bridgehead atoms. The monoisotopic (exact) mass is 401 g/mol. The predicted molar refractivity (Wildman–Crippen MR) is 103 cm³/mol. The maximum Gasteiger partial charge on any atom is 0.573 e. The summed E-state index contributed by atoms with van der Waals surface area (Å²) in [6.45, 7) is 6.91. The highest BCUT2D eigenvalue weighted by Crippen LogP contribution is 2.39. The van der Waals surface area contributed by atoms with E-state index >= 15 is 0 Å². The van der Waals surface area contributed by atoms with E-state index in [0.717, 1.165) is 23.4 Å². The number of hydrogen-bond donors (Lipinski definition) is 0. The highest BCUT2D eigenvalue weighted by atomic mass is 19.4. The van der Waals surface area contributed by atoms with Crippen LogP contribution in [0.3, 0.4) is 0 Å². The Hall–Kier alpha value is -3.49. The number of ether oxygens (including phenoxy) is 1. The van der Waals surface area contributed by atoms with Crippen LogP contribution in [0.5, 0.6) is 5.75 Å². The third-order valence-electron chi connectivity index (χ3n) is 4.62. The van der Waals surface area contributed by atoms with Gasteiger partial charge < -0.3 is 14.2 Å². The van der Waals surface area contributed by atoms with Crippen molar-refractivity contribution in [3.8, 4) is 5.75 Å². The zero-order chi connectivity index (χ0) is 20.8. The highest BCUT2D eigenvalue weighted by Gasteiger charge is 2.31. The molecule has 4 rings (SSSR count). The number of halogens is 3. The molecule has 0 aliphatic carbocycles. The van der Waals surface area contributed by atoms with Crippen LogP contribution in [-0.2, 0) is 13.6 Å². The molecule has 150 valence electrons. The Bertz CT molecular complexity index is 1090. The van der Waals surface area contributed by atoms with Gasteiger partial charge in [0, 0.05) is 42.8 Å².